The Kier molecular flexibility index (Phi) is 4.25. The zero-order chi connectivity index (χ0) is 12.3. The van der Waals surface area contributed by atoms with E-state index in [1.807, 2.05) is 24.8 Å². The lowest BCUT2D eigenvalue weighted by Crippen LogP contribution is -2.11. The number of nitriles is 1. The maximum absolute atomic E-state index is 12.2. The van der Waals surface area contributed by atoms with Crippen LogP contribution in [0.4, 0.5) is 0 Å². The Bertz CT molecular complexity index is 435. The lowest BCUT2D eigenvalue weighted by molar-refractivity contribution is 0.0947. The molecular formula is C13H15NOS2. The van der Waals surface area contributed by atoms with Crippen molar-refractivity contribution in [1.29, 1.82) is 5.26 Å². The van der Waals surface area contributed by atoms with E-state index in [9.17, 15) is 4.79 Å². The molecule has 0 fully saturated rings. The van der Waals surface area contributed by atoms with Crippen molar-refractivity contribution in [1.82, 2.24) is 0 Å². The van der Waals surface area contributed by atoms with Crippen molar-refractivity contribution in [2.24, 2.45) is 5.92 Å². The number of carbonyl (C=O) groups is 1. The van der Waals surface area contributed by atoms with Crippen LogP contribution in [0, 0.1) is 17.2 Å². The highest BCUT2D eigenvalue weighted by Crippen LogP contribution is 2.33. The molecule has 0 radical (unpaired) electrons. The number of thiophene rings is 1. The number of hydrogen-bond acceptors (Lipinski definition) is 4. The fraction of sp³-hybridized carbons (Fsp3) is 0.538. The highest BCUT2D eigenvalue weighted by molar-refractivity contribution is 7.98. The van der Waals surface area contributed by atoms with Gasteiger partial charge >= 0.3 is 0 Å². The molecule has 0 aromatic carbocycles. The molecule has 4 heteroatoms. The second kappa shape index (κ2) is 5.70. The molecule has 0 spiro atoms. The maximum Gasteiger partial charge on any atom is 0.189 e. The SMILES string of the molecule is CCCC(C#N)C(=O)c1cc2c(s1)CCSC2. The Labute approximate surface area is 110 Å². The normalized spacial score (nSPS) is 16.0. The summed E-state index contributed by atoms with van der Waals surface area (Å²) in [6.07, 6.45) is 2.63. The van der Waals surface area contributed by atoms with Gasteiger partial charge in [0, 0.05) is 10.6 Å². The van der Waals surface area contributed by atoms with Gasteiger partial charge < -0.3 is 0 Å². The maximum atomic E-state index is 12.2. The van der Waals surface area contributed by atoms with Crippen LogP contribution in [0.3, 0.4) is 0 Å². The summed E-state index contributed by atoms with van der Waals surface area (Å²) in [7, 11) is 0. The van der Waals surface area contributed by atoms with Gasteiger partial charge in [0.25, 0.3) is 0 Å². The van der Waals surface area contributed by atoms with Crippen LogP contribution in [0.1, 0.15) is 39.9 Å². The molecule has 90 valence electrons. The van der Waals surface area contributed by atoms with Crippen LogP contribution >= 0.6 is 23.1 Å². The van der Waals surface area contributed by atoms with Gasteiger partial charge in [-0.15, -0.1) is 11.3 Å². The van der Waals surface area contributed by atoms with Gasteiger partial charge in [-0.05, 0) is 30.2 Å². The molecule has 1 aromatic rings. The van der Waals surface area contributed by atoms with E-state index in [4.69, 9.17) is 5.26 Å². The number of hydrogen-bond donors (Lipinski definition) is 0. The minimum Gasteiger partial charge on any atom is -0.292 e. The summed E-state index contributed by atoms with van der Waals surface area (Å²) >= 11 is 3.52. The first-order chi connectivity index (χ1) is 8.26. The zero-order valence-corrected chi connectivity index (χ0v) is 11.5. The summed E-state index contributed by atoms with van der Waals surface area (Å²) in [5.74, 6) is 1.74. The number of nitrogens with zero attached hydrogens (tertiary/aromatic N) is 1. The first-order valence-corrected chi connectivity index (χ1v) is 7.86. The Morgan fingerprint density at radius 3 is 3.12 bits per heavy atom. The van der Waals surface area contributed by atoms with Crippen molar-refractivity contribution in [3.05, 3.63) is 21.4 Å². The molecule has 2 nitrogen and oxygen atoms in total. The fourth-order valence-electron chi connectivity index (χ4n) is 1.98. The van der Waals surface area contributed by atoms with E-state index in [1.54, 1.807) is 11.3 Å². The molecule has 1 aliphatic heterocycles. The van der Waals surface area contributed by atoms with Crippen LogP contribution in [0.5, 0.6) is 0 Å². The van der Waals surface area contributed by atoms with E-state index in [0.717, 1.165) is 29.2 Å². The van der Waals surface area contributed by atoms with E-state index in [1.165, 1.54) is 10.4 Å². The molecule has 0 aliphatic carbocycles. The van der Waals surface area contributed by atoms with E-state index in [-0.39, 0.29) is 5.78 Å². The number of carbonyl (C=O) groups excluding carboxylic acids is 1. The average molecular weight is 265 g/mol. The Hall–Kier alpha value is -0.790. The van der Waals surface area contributed by atoms with Crippen molar-refractivity contribution in [2.45, 2.75) is 31.9 Å². The third-order valence-electron chi connectivity index (χ3n) is 2.92. The summed E-state index contributed by atoms with van der Waals surface area (Å²) in [4.78, 5) is 14.3. The molecule has 0 saturated carbocycles. The van der Waals surface area contributed by atoms with Crippen LogP contribution in [0.15, 0.2) is 6.07 Å². The predicted octanol–water partition coefficient (Wildman–Crippen LogP) is 3.66. The lowest BCUT2D eigenvalue weighted by atomic mass is 9.99. The van der Waals surface area contributed by atoms with Crippen molar-refractivity contribution in [3.63, 3.8) is 0 Å². The van der Waals surface area contributed by atoms with Crippen LogP contribution in [-0.2, 0) is 12.2 Å². The summed E-state index contributed by atoms with van der Waals surface area (Å²) in [6.45, 7) is 2.01. The number of aryl methyl sites for hydroxylation is 1. The summed E-state index contributed by atoms with van der Waals surface area (Å²) < 4.78 is 0. The Balaban J connectivity index is 2.19. The van der Waals surface area contributed by atoms with E-state index >= 15 is 0 Å². The summed E-state index contributed by atoms with van der Waals surface area (Å²) in [5, 5.41) is 9.02. The van der Waals surface area contributed by atoms with Gasteiger partial charge in [0.15, 0.2) is 5.78 Å². The second-order valence-electron chi connectivity index (χ2n) is 4.20. The van der Waals surface area contributed by atoms with Gasteiger partial charge in [0.05, 0.1) is 10.9 Å². The zero-order valence-electron chi connectivity index (χ0n) is 9.86. The van der Waals surface area contributed by atoms with Crippen molar-refractivity contribution >= 4 is 28.9 Å². The smallest absolute Gasteiger partial charge is 0.189 e. The summed E-state index contributed by atoms with van der Waals surface area (Å²) in [5.41, 5.74) is 1.31. The Morgan fingerprint density at radius 1 is 1.65 bits per heavy atom. The highest BCUT2D eigenvalue weighted by atomic mass is 32.2. The lowest BCUT2D eigenvalue weighted by Gasteiger charge is -2.08. The molecule has 17 heavy (non-hydrogen) atoms. The van der Waals surface area contributed by atoms with Crippen LogP contribution in [-0.4, -0.2) is 11.5 Å². The first-order valence-electron chi connectivity index (χ1n) is 5.89. The largest absolute Gasteiger partial charge is 0.292 e. The average Bonchev–Trinajstić information content (AvgIpc) is 2.78. The molecule has 2 rings (SSSR count). The third-order valence-corrected chi connectivity index (χ3v) is 5.18. The van der Waals surface area contributed by atoms with Crippen molar-refractivity contribution < 1.29 is 4.79 Å². The minimum absolute atomic E-state index is 0.0266. The number of Topliss-reactive ketones (excluding diaryl/α,β-unsaturated/α-hetero) is 1. The van der Waals surface area contributed by atoms with Gasteiger partial charge in [0.1, 0.15) is 5.92 Å². The monoisotopic (exact) mass is 265 g/mol. The van der Waals surface area contributed by atoms with E-state index < -0.39 is 5.92 Å². The van der Waals surface area contributed by atoms with Crippen molar-refractivity contribution in [3.8, 4) is 6.07 Å². The fourth-order valence-corrected chi connectivity index (χ4v) is 4.35. The number of thioether (sulfide) groups is 1. The number of rotatable bonds is 4. The topological polar surface area (TPSA) is 40.9 Å². The van der Waals surface area contributed by atoms with Gasteiger partial charge in [-0.2, -0.15) is 17.0 Å². The standard InChI is InChI=1S/C13H15NOS2/c1-2-3-9(7-14)13(15)12-6-10-8-16-5-4-11(10)17-12/h6,9H,2-5,8H2,1H3. The minimum atomic E-state index is -0.451. The number of ketones is 1. The summed E-state index contributed by atoms with van der Waals surface area (Å²) in [6, 6.07) is 4.14. The van der Waals surface area contributed by atoms with E-state index in [2.05, 4.69) is 6.07 Å². The molecular weight excluding hydrogens is 250 g/mol. The predicted molar refractivity (Wildman–Crippen MR) is 72.5 cm³/mol. The molecule has 0 bridgehead atoms. The van der Waals surface area contributed by atoms with Crippen molar-refractivity contribution in [2.75, 3.05) is 5.75 Å². The number of fused-ring (bicyclic) bond motifs is 1. The molecule has 0 N–H and O–H groups in total. The van der Waals surface area contributed by atoms with Crippen LogP contribution in [0.2, 0.25) is 0 Å². The second-order valence-corrected chi connectivity index (χ2v) is 6.44. The first kappa shape index (κ1) is 12.7. The third kappa shape index (κ3) is 2.72. The van der Waals surface area contributed by atoms with Crippen LogP contribution in [0.25, 0.3) is 0 Å². The highest BCUT2D eigenvalue weighted by Gasteiger charge is 2.23. The molecule has 0 saturated heterocycles. The Morgan fingerprint density at radius 2 is 2.47 bits per heavy atom. The molecule has 2 heterocycles. The van der Waals surface area contributed by atoms with Gasteiger partial charge in [-0.3, -0.25) is 4.79 Å². The quantitative estimate of drug-likeness (QED) is 0.780. The van der Waals surface area contributed by atoms with Crippen LogP contribution < -0.4 is 0 Å². The van der Waals surface area contributed by atoms with Gasteiger partial charge in [-0.25, -0.2) is 0 Å². The molecule has 1 unspecified atom stereocenters. The van der Waals surface area contributed by atoms with Gasteiger partial charge in [-0.1, -0.05) is 13.3 Å². The van der Waals surface area contributed by atoms with E-state index in [0.29, 0.717) is 6.42 Å². The molecule has 1 atom stereocenters. The molecule has 1 aromatic heterocycles. The molecule has 0 amide bonds. The molecule has 1 aliphatic rings. The van der Waals surface area contributed by atoms with Gasteiger partial charge in [0.2, 0.25) is 0 Å².